The van der Waals surface area contributed by atoms with Gasteiger partial charge >= 0.3 is 0 Å². The Balaban J connectivity index is 3.79. The van der Waals surface area contributed by atoms with Gasteiger partial charge in [0.15, 0.2) is 0 Å². The first-order chi connectivity index (χ1) is 7.81. The van der Waals surface area contributed by atoms with Gasteiger partial charge in [-0.2, -0.15) is 0 Å². The predicted octanol–water partition coefficient (Wildman–Crippen LogP) is 1.22. The van der Waals surface area contributed by atoms with E-state index >= 15 is 0 Å². The molecule has 0 aliphatic heterocycles. The van der Waals surface area contributed by atoms with Crippen LogP contribution in [0.3, 0.4) is 0 Å². The summed E-state index contributed by atoms with van der Waals surface area (Å²) in [7, 11) is 2.11. The summed E-state index contributed by atoms with van der Waals surface area (Å²) in [5.41, 5.74) is -0.474. The molecule has 0 spiro atoms. The lowest BCUT2D eigenvalue weighted by atomic mass is 10.0. The molecule has 0 saturated heterocycles. The SMILES string of the molecule is CCNC(C)(C)C(=O)NCCCN(C)C(C)C. The number of carbonyl (C=O) groups excluding carboxylic acids is 1. The molecule has 0 heterocycles. The molecule has 17 heavy (non-hydrogen) atoms. The molecule has 0 aliphatic carbocycles. The average molecular weight is 243 g/mol. The zero-order chi connectivity index (χ0) is 13.5. The lowest BCUT2D eigenvalue weighted by Gasteiger charge is -2.25. The molecule has 4 heteroatoms. The van der Waals surface area contributed by atoms with E-state index < -0.39 is 5.54 Å². The van der Waals surface area contributed by atoms with Crippen molar-refractivity contribution in [3.8, 4) is 0 Å². The molecule has 0 radical (unpaired) electrons. The van der Waals surface area contributed by atoms with Gasteiger partial charge in [0.05, 0.1) is 5.54 Å². The van der Waals surface area contributed by atoms with E-state index in [9.17, 15) is 4.79 Å². The minimum atomic E-state index is -0.474. The van der Waals surface area contributed by atoms with E-state index in [1.165, 1.54) is 0 Å². The van der Waals surface area contributed by atoms with Gasteiger partial charge in [-0.15, -0.1) is 0 Å². The van der Waals surface area contributed by atoms with Crippen molar-refractivity contribution in [2.24, 2.45) is 0 Å². The largest absolute Gasteiger partial charge is 0.354 e. The monoisotopic (exact) mass is 243 g/mol. The van der Waals surface area contributed by atoms with E-state index in [1.807, 2.05) is 20.8 Å². The van der Waals surface area contributed by atoms with Crippen LogP contribution in [0.1, 0.15) is 41.0 Å². The maximum Gasteiger partial charge on any atom is 0.239 e. The van der Waals surface area contributed by atoms with Gasteiger partial charge in [0.25, 0.3) is 0 Å². The molecule has 0 fully saturated rings. The van der Waals surface area contributed by atoms with Gasteiger partial charge in [0.1, 0.15) is 0 Å². The van der Waals surface area contributed by atoms with Crippen LogP contribution in [0.5, 0.6) is 0 Å². The van der Waals surface area contributed by atoms with E-state index in [0.717, 1.165) is 26.1 Å². The van der Waals surface area contributed by atoms with Gasteiger partial charge in [-0.1, -0.05) is 6.92 Å². The molecular formula is C13H29N3O. The molecule has 0 rings (SSSR count). The highest BCUT2D eigenvalue weighted by molar-refractivity contribution is 5.85. The lowest BCUT2D eigenvalue weighted by molar-refractivity contribution is -0.126. The van der Waals surface area contributed by atoms with Gasteiger partial charge in [-0.3, -0.25) is 4.79 Å². The number of nitrogens with zero attached hydrogens (tertiary/aromatic N) is 1. The fourth-order valence-electron chi connectivity index (χ4n) is 1.53. The van der Waals surface area contributed by atoms with Crippen molar-refractivity contribution < 1.29 is 4.79 Å². The fourth-order valence-corrected chi connectivity index (χ4v) is 1.53. The molecule has 0 atom stereocenters. The van der Waals surface area contributed by atoms with E-state index in [2.05, 4.69) is 36.4 Å². The minimum Gasteiger partial charge on any atom is -0.354 e. The van der Waals surface area contributed by atoms with Crippen molar-refractivity contribution in [3.63, 3.8) is 0 Å². The highest BCUT2D eigenvalue weighted by atomic mass is 16.2. The Labute approximate surface area is 106 Å². The van der Waals surface area contributed by atoms with Crippen molar-refractivity contribution in [3.05, 3.63) is 0 Å². The number of rotatable bonds is 8. The minimum absolute atomic E-state index is 0.0755. The van der Waals surface area contributed by atoms with E-state index in [1.54, 1.807) is 0 Å². The summed E-state index contributed by atoms with van der Waals surface area (Å²) in [6, 6.07) is 0.559. The van der Waals surface area contributed by atoms with Crippen LogP contribution in [-0.2, 0) is 4.79 Å². The highest BCUT2D eigenvalue weighted by Gasteiger charge is 2.25. The van der Waals surface area contributed by atoms with Crippen LogP contribution in [0, 0.1) is 0 Å². The van der Waals surface area contributed by atoms with E-state index in [4.69, 9.17) is 0 Å². The normalized spacial score (nSPS) is 12.2. The van der Waals surface area contributed by atoms with Crippen molar-refractivity contribution >= 4 is 5.91 Å². The average Bonchev–Trinajstić information content (AvgIpc) is 2.23. The number of hydrogen-bond donors (Lipinski definition) is 2. The first-order valence-corrected chi connectivity index (χ1v) is 6.54. The van der Waals surface area contributed by atoms with Crippen LogP contribution in [0.25, 0.3) is 0 Å². The van der Waals surface area contributed by atoms with Gasteiger partial charge in [0, 0.05) is 12.6 Å². The molecule has 0 aromatic rings. The molecule has 0 saturated carbocycles. The molecule has 0 aliphatic rings. The molecule has 4 nitrogen and oxygen atoms in total. The Morgan fingerprint density at radius 2 is 1.94 bits per heavy atom. The Morgan fingerprint density at radius 3 is 2.41 bits per heavy atom. The van der Waals surface area contributed by atoms with Crippen LogP contribution < -0.4 is 10.6 Å². The van der Waals surface area contributed by atoms with Gasteiger partial charge < -0.3 is 15.5 Å². The van der Waals surface area contributed by atoms with E-state index in [0.29, 0.717) is 6.04 Å². The second kappa shape index (κ2) is 7.67. The maximum atomic E-state index is 11.8. The lowest BCUT2D eigenvalue weighted by Crippen LogP contribution is -2.52. The maximum absolute atomic E-state index is 11.8. The molecule has 102 valence electrons. The smallest absolute Gasteiger partial charge is 0.239 e. The molecule has 2 N–H and O–H groups in total. The summed E-state index contributed by atoms with van der Waals surface area (Å²) in [6.07, 6.45) is 0.989. The Hall–Kier alpha value is -0.610. The summed E-state index contributed by atoms with van der Waals surface area (Å²) >= 11 is 0. The third-order valence-electron chi connectivity index (χ3n) is 3.04. The number of carbonyl (C=O) groups is 1. The summed E-state index contributed by atoms with van der Waals surface area (Å²) < 4.78 is 0. The summed E-state index contributed by atoms with van der Waals surface area (Å²) in [4.78, 5) is 14.1. The number of likely N-dealkylation sites (N-methyl/N-ethyl adjacent to an activating group) is 1. The van der Waals surface area contributed by atoms with Crippen LogP contribution >= 0.6 is 0 Å². The standard InChI is InChI=1S/C13H29N3O/c1-7-15-13(4,5)12(17)14-9-8-10-16(6)11(2)3/h11,15H,7-10H2,1-6H3,(H,14,17). The number of amides is 1. The van der Waals surface area contributed by atoms with Gasteiger partial charge in [-0.05, 0) is 54.3 Å². The summed E-state index contributed by atoms with van der Waals surface area (Å²) in [6.45, 7) is 12.7. The third kappa shape index (κ3) is 6.64. The summed E-state index contributed by atoms with van der Waals surface area (Å²) in [5.74, 6) is 0.0755. The second-order valence-corrected chi connectivity index (χ2v) is 5.34. The molecular weight excluding hydrogens is 214 g/mol. The Morgan fingerprint density at radius 1 is 1.35 bits per heavy atom. The third-order valence-corrected chi connectivity index (χ3v) is 3.04. The van der Waals surface area contributed by atoms with Gasteiger partial charge in [-0.25, -0.2) is 0 Å². The first kappa shape index (κ1) is 16.4. The zero-order valence-corrected chi connectivity index (χ0v) is 12.3. The Bertz CT molecular complexity index is 227. The van der Waals surface area contributed by atoms with Crippen molar-refractivity contribution in [2.45, 2.75) is 52.6 Å². The number of hydrogen-bond acceptors (Lipinski definition) is 3. The Kier molecular flexibility index (Phi) is 7.39. The highest BCUT2D eigenvalue weighted by Crippen LogP contribution is 2.01. The van der Waals surface area contributed by atoms with Crippen molar-refractivity contribution in [2.75, 3.05) is 26.7 Å². The molecule has 0 aromatic carbocycles. The second-order valence-electron chi connectivity index (χ2n) is 5.34. The van der Waals surface area contributed by atoms with Crippen molar-refractivity contribution in [1.29, 1.82) is 0 Å². The van der Waals surface area contributed by atoms with Crippen LogP contribution in [0.2, 0.25) is 0 Å². The van der Waals surface area contributed by atoms with E-state index in [-0.39, 0.29) is 5.91 Å². The summed E-state index contributed by atoms with van der Waals surface area (Å²) in [5, 5.41) is 6.14. The van der Waals surface area contributed by atoms with Crippen LogP contribution in [0.4, 0.5) is 0 Å². The molecule has 0 aromatic heterocycles. The molecule has 0 bridgehead atoms. The van der Waals surface area contributed by atoms with Crippen LogP contribution in [0.15, 0.2) is 0 Å². The molecule has 1 amide bonds. The zero-order valence-electron chi connectivity index (χ0n) is 12.3. The first-order valence-electron chi connectivity index (χ1n) is 6.54. The quantitative estimate of drug-likeness (QED) is 0.630. The molecule has 0 unspecified atom stereocenters. The fraction of sp³-hybridized carbons (Fsp3) is 0.923. The van der Waals surface area contributed by atoms with Crippen molar-refractivity contribution in [1.82, 2.24) is 15.5 Å². The van der Waals surface area contributed by atoms with Gasteiger partial charge in [0.2, 0.25) is 5.91 Å². The number of nitrogens with one attached hydrogen (secondary N) is 2. The predicted molar refractivity (Wildman–Crippen MR) is 73.1 cm³/mol. The topological polar surface area (TPSA) is 44.4 Å². The van der Waals surface area contributed by atoms with Crippen LogP contribution in [-0.4, -0.2) is 49.1 Å².